The molecule has 82 valence electrons. The number of aliphatic hydroxyl groups is 1. The van der Waals surface area contributed by atoms with E-state index in [1.165, 1.54) is 6.42 Å². The van der Waals surface area contributed by atoms with Gasteiger partial charge in [-0.15, -0.1) is 0 Å². The van der Waals surface area contributed by atoms with Crippen molar-refractivity contribution in [2.75, 3.05) is 6.61 Å². The topological polar surface area (TPSA) is 49.3 Å². The molecule has 0 aliphatic heterocycles. The van der Waals surface area contributed by atoms with E-state index < -0.39 is 0 Å². The van der Waals surface area contributed by atoms with Crippen LogP contribution in [0, 0.1) is 0 Å². The third kappa shape index (κ3) is 2.98. The molecule has 3 heteroatoms. The second-order valence-corrected chi connectivity index (χ2v) is 4.30. The highest BCUT2D eigenvalue weighted by Gasteiger charge is 2.32. The van der Waals surface area contributed by atoms with Crippen LogP contribution >= 0.6 is 0 Å². The summed E-state index contributed by atoms with van der Waals surface area (Å²) in [6, 6.07) is 0. The van der Waals surface area contributed by atoms with Crippen molar-refractivity contribution < 1.29 is 9.90 Å². The Morgan fingerprint density at radius 2 is 2.00 bits per heavy atom. The fourth-order valence-electron chi connectivity index (χ4n) is 2.14. The summed E-state index contributed by atoms with van der Waals surface area (Å²) < 4.78 is 0. The van der Waals surface area contributed by atoms with Crippen molar-refractivity contribution in [1.29, 1.82) is 0 Å². The minimum absolute atomic E-state index is 0.0858. The van der Waals surface area contributed by atoms with Crippen LogP contribution in [0.15, 0.2) is 0 Å². The summed E-state index contributed by atoms with van der Waals surface area (Å²) >= 11 is 0. The zero-order chi connectivity index (χ0) is 10.4. The van der Waals surface area contributed by atoms with Crippen molar-refractivity contribution in [3.63, 3.8) is 0 Å². The fourth-order valence-corrected chi connectivity index (χ4v) is 2.14. The summed E-state index contributed by atoms with van der Waals surface area (Å²) in [7, 11) is 0. The Morgan fingerprint density at radius 3 is 2.50 bits per heavy atom. The second kappa shape index (κ2) is 5.35. The molecule has 1 amide bonds. The van der Waals surface area contributed by atoms with E-state index >= 15 is 0 Å². The van der Waals surface area contributed by atoms with E-state index in [0.717, 1.165) is 32.1 Å². The first kappa shape index (κ1) is 11.5. The molecule has 1 aliphatic carbocycles. The summed E-state index contributed by atoms with van der Waals surface area (Å²) in [6.45, 7) is 2.08. The van der Waals surface area contributed by atoms with Crippen LogP contribution in [0.4, 0.5) is 0 Å². The Morgan fingerprint density at radius 1 is 1.36 bits per heavy atom. The number of aliphatic hydroxyl groups excluding tert-OH is 1. The Hall–Kier alpha value is -0.570. The molecule has 3 nitrogen and oxygen atoms in total. The fraction of sp³-hybridized carbons (Fsp3) is 0.909. The smallest absolute Gasteiger partial charge is 0.220 e. The molecule has 0 aromatic heterocycles. The molecular formula is C11H21NO2. The van der Waals surface area contributed by atoms with Crippen LogP contribution in [-0.4, -0.2) is 23.2 Å². The molecule has 0 bridgehead atoms. The zero-order valence-electron chi connectivity index (χ0n) is 9.01. The summed E-state index contributed by atoms with van der Waals surface area (Å²) in [5.41, 5.74) is -0.301. The molecule has 0 heterocycles. The quantitative estimate of drug-likeness (QED) is 0.722. The van der Waals surface area contributed by atoms with Crippen LogP contribution in [0.2, 0.25) is 0 Å². The highest BCUT2D eigenvalue weighted by atomic mass is 16.3. The van der Waals surface area contributed by atoms with Crippen LogP contribution in [0.25, 0.3) is 0 Å². The van der Waals surface area contributed by atoms with Gasteiger partial charge in [0, 0.05) is 6.42 Å². The lowest BCUT2D eigenvalue weighted by atomic mass is 9.82. The van der Waals surface area contributed by atoms with Crippen LogP contribution in [-0.2, 0) is 4.79 Å². The molecule has 0 aromatic carbocycles. The monoisotopic (exact) mass is 199 g/mol. The predicted octanol–water partition coefficient (Wildman–Crippen LogP) is 1.60. The Labute approximate surface area is 85.9 Å². The van der Waals surface area contributed by atoms with E-state index in [1.54, 1.807) is 0 Å². The minimum Gasteiger partial charge on any atom is -0.394 e. The van der Waals surface area contributed by atoms with Gasteiger partial charge in [0.05, 0.1) is 12.1 Å². The molecule has 0 spiro atoms. The van der Waals surface area contributed by atoms with Gasteiger partial charge in [0.2, 0.25) is 5.91 Å². The van der Waals surface area contributed by atoms with Crippen LogP contribution < -0.4 is 5.32 Å². The van der Waals surface area contributed by atoms with Gasteiger partial charge in [0.15, 0.2) is 0 Å². The number of hydrogen-bond donors (Lipinski definition) is 2. The van der Waals surface area contributed by atoms with E-state index in [1.807, 2.05) is 6.92 Å². The third-order valence-corrected chi connectivity index (χ3v) is 2.99. The molecule has 0 aromatic rings. The van der Waals surface area contributed by atoms with Gasteiger partial charge >= 0.3 is 0 Å². The van der Waals surface area contributed by atoms with Crippen LogP contribution in [0.1, 0.15) is 51.9 Å². The van der Waals surface area contributed by atoms with E-state index in [2.05, 4.69) is 5.32 Å². The van der Waals surface area contributed by atoms with Gasteiger partial charge in [-0.1, -0.05) is 26.2 Å². The maximum absolute atomic E-state index is 11.5. The lowest BCUT2D eigenvalue weighted by Crippen LogP contribution is -2.52. The summed E-state index contributed by atoms with van der Waals surface area (Å²) in [4.78, 5) is 11.5. The number of nitrogens with one attached hydrogen (secondary N) is 1. The van der Waals surface area contributed by atoms with E-state index in [-0.39, 0.29) is 18.1 Å². The molecule has 0 atom stereocenters. The molecule has 1 fully saturated rings. The standard InChI is InChI=1S/C11H21NO2/c1-2-6-10(14)12-11(9-13)7-4-3-5-8-11/h13H,2-9H2,1H3,(H,12,14). The molecule has 0 saturated heterocycles. The maximum Gasteiger partial charge on any atom is 0.220 e. The number of amides is 1. The highest BCUT2D eigenvalue weighted by Crippen LogP contribution is 2.27. The normalized spacial score (nSPS) is 20.4. The van der Waals surface area contributed by atoms with E-state index in [0.29, 0.717) is 6.42 Å². The summed E-state index contributed by atoms with van der Waals surface area (Å²) in [6.07, 6.45) is 6.76. The van der Waals surface area contributed by atoms with Gasteiger partial charge in [-0.2, -0.15) is 0 Å². The average Bonchev–Trinajstić information content (AvgIpc) is 2.19. The van der Waals surface area contributed by atoms with Gasteiger partial charge in [0.25, 0.3) is 0 Å². The molecule has 1 aliphatic rings. The molecule has 1 saturated carbocycles. The molecule has 2 N–H and O–H groups in total. The average molecular weight is 199 g/mol. The van der Waals surface area contributed by atoms with Crippen molar-refractivity contribution in [2.24, 2.45) is 0 Å². The summed E-state index contributed by atoms with van der Waals surface area (Å²) in [5, 5.41) is 12.3. The molecule has 14 heavy (non-hydrogen) atoms. The van der Waals surface area contributed by atoms with Crippen molar-refractivity contribution >= 4 is 5.91 Å². The number of hydrogen-bond acceptors (Lipinski definition) is 2. The van der Waals surface area contributed by atoms with E-state index in [9.17, 15) is 9.90 Å². The lowest BCUT2D eigenvalue weighted by Gasteiger charge is -2.36. The van der Waals surface area contributed by atoms with E-state index in [4.69, 9.17) is 0 Å². The maximum atomic E-state index is 11.5. The SMILES string of the molecule is CCCC(=O)NC1(CO)CCCCC1. The van der Waals surface area contributed by atoms with Gasteiger partial charge in [0.1, 0.15) is 0 Å². The Bertz CT molecular complexity index is 186. The lowest BCUT2D eigenvalue weighted by molar-refractivity contribution is -0.124. The molecule has 1 rings (SSSR count). The number of carbonyl (C=O) groups is 1. The Kier molecular flexibility index (Phi) is 4.39. The molecule has 0 radical (unpaired) electrons. The first-order valence-electron chi connectivity index (χ1n) is 5.64. The van der Waals surface area contributed by atoms with Gasteiger partial charge in [-0.05, 0) is 19.3 Å². The highest BCUT2D eigenvalue weighted by molar-refractivity contribution is 5.76. The summed E-state index contributed by atoms with van der Waals surface area (Å²) in [5.74, 6) is 0.0865. The third-order valence-electron chi connectivity index (χ3n) is 2.99. The van der Waals surface area contributed by atoms with Gasteiger partial charge in [-0.25, -0.2) is 0 Å². The van der Waals surface area contributed by atoms with Crippen molar-refractivity contribution in [1.82, 2.24) is 5.32 Å². The van der Waals surface area contributed by atoms with Gasteiger partial charge < -0.3 is 10.4 Å². The second-order valence-electron chi connectivity index (χ2n) is 4.30. The van der Waals surface area contributed by atoms with Crippen LogP contribution in [0.3, 0.4) is 0 Å². The van der Waals surface area contributed by atoms with Crippen molar-refractivity contribution in [2.45, 2.75) is 57.4 Å². The number of rotatable bonds is 4. The van der Waals surface area contributed by atoms with Crippen molar-refractivity contribution in [3.8, 4) is 0 Å². The molecular weight excluding hydrogens is 178 g/mol. The Balaban J connectivity index is 2.47. The van der Waals surface area contributed by atoms with Gasteiger partial charge in [-0.3, -0.25) is 4.79 Å². The largest absolute Gasteiger partial charge is 0.394 e. The predicted molar refractivity (Wildman–Crippen MR) is 56.0 cm³/mol. The molecule has 0 unspecified atom stereocenters. The zero-order valence-corrected chi connectivity index (χ0v) is 9.01. The first-order valence-corrected chi connectivity index (χ1v) is 5.64. The van der Waals surface area contributed by atoms with Crippen molar-refractivity contribution in [3.05, 3.63) is 0 Å². The minimum atomic E-state index is -0.301. The number of carbonyl (C=O) groups excluding carboxylic acids is 1. The first-order chi connectivity index (χ1) is 6.72. The van der Waals surface area contributed by atoms with Crippen LogP contribution in [0.5, 0.6) is 0 Å².